The van der Waals surface area contributed by atoms with Gasteiger partial charge in [-0.15, -0.1) is 11.6 Å². The summed E-state index contributed by atoms with van der Waals surface area (Å²) < 4.78 is 4.72. The molecule has 6 heteroatoms. The van der Waals surface area contributed by atoms with Crippen LogP contribution in [0.5, 0.6) is 0 Å². The minimum absolute atomic E-state index is 0.540. The first-order valence-corrected chi connectivity index (χ1v) is 3.37. The molecule has 1 saturated heterocycles. The van der Waals surface area contributed by atoms with Crippen molar-refractivity contribution in [1.29, 1.82) is 0 Å². The maximum Gasteiger partial charge on any atom is 0.323 e. The SMILES string of the molecule is COC1NC(=O)NC(=O)C1Cl. The number of carbonyl (C=O) groups is 2. The van der Waals surface area contributed by atoms with Crippen molar-refractivity contribution in [2.45, 2.75) is 11.6 Å². The number of hydrogen-bond acceptors (Lipinski definition) is 3. The molecule has 2 unspecified atom stereocenters. The second kappa shape index (κ2) is 3.06. The largest absolute Gasteiger partial charge is 0.360 e. The van der Waals surface area contributed by atoms with E-state index in [1.165, 1.54) is 7.11 Å². The molecule has 0 radical (unpaired) electrons. The van der Waals surface area contributed by atoms with E-state index in [2.05, 4.69) is 5.32 Å². The molecule has 1 heterocycles. The van der Waals surface area contributed by atoms with Gasteiger partial charge >= 0.3 is 6.03 Å². The van der Waals surface area contributed by atoms with Crippen LogP contribution < -0.4 is 10.6 Å². The Hall–Kier alpha value is -0.810. The van der Waals surface area contributed by atoms with Crippen LogP contribution in [-0.2, 0) is 9.53 Å². The van der Waals surface area contributed by atoms with Crippen molar-refractivity contribution in [1.82, 2.24) is 10.6 Å². The molecule has 0 bridgehead atoms. The summed E-state index contributed by atoms with van der Waals surface area (Å²) in [5.41, 5.74) is 0. The fraction of sp³-hybridized carbons (Fsp3) is 0.600. The number of halogens is 1. The molecule has 1 aliphatic rings. The monoisotopic (exact) mass is 178 g/mol. The lowest BCUT2D eigenvalue weighted by atomic mass is 10.3. The molecule has 1 fully saturated rings. The van der Waals surface area contributed by atoms with E-state index in [0.29, 0.717) is 0 Å². The zero-order valence-electron chi connectivity index (χ0n) is 5.76. The minimum Gasteiger partial charge on any atom is -0.360 e. The normalized spacial score (nSPS) is 31.1. The van der Waals surface area contributed by atoms with Crippen LogP contribution in [0.25, 0.3) is 0 Å². The van der Waals surface area contributed by atoms with Crippen LogP contribution in [0.3, 0.4) is 0 Å². The Morgan fingerprint density at radius 1 is 1.55 bits per heavy atom. The zero-order valence-corrected chi connectivity index (χ0v) is 6.51. The average molecular weight is 179 g/mol. The Labute approximate surface area is 68.0 Å². The summed E-state index contributed by atoms with van der Waals surface area (Å²) in [6.45, 7) is 0. The van der Waals surface area contributed by atoms with E-state index in [1.807, 2.05) is 5.32 Å². The first kappa shape index (κ1) is 8.29. The first-order valence-electron chi connectivity index (χ1n) is 2.93. The molecule has 1 rings (SSSR count). The van der Waals surface area contributed by atoms with E-state index in [-0.39, 0.29) is 0 Å². The van der Waals surface area contributed by atoms with Crippen LogP contribution in [0.4, 0.5) is 4.79 Å². The molecule has 62 valence electrons. The van der Waals surface area contributed by atoms with Crippen molar-refractivity contribution in [2.75, 3.05) is 7.11 Å². The highest BCUT2D eigenvalue weighted by Crippen LogP contribution is 2.07. The van der Waals surface area contributed by atoms with Crippen molar-refractivity contribution < 1.29 is 14.3 Å². The number of urea groups is 1. The smallest absolute Gasteiger partial charge is 0.323 e. The van der Waals surface area contributed by atoms with Gasteiger partial charge in [0.2, 0.25) is 0 Å². The highest BCUT2D eigenvalue weighted by atomic mass is 35.5. The van der Waals surface area contributed by atoms with Gasteiger partial charge in [0.05, 0.1) is 0 Å². The van der Waals surface area contributed by atoms with Crippen LogP contribution in [-0.4, -0.2) is 30.7 Å². The molecule has 11 heavy (non-hydrogen) atoms. The van der Waals surface area contributed by atoms with E-state index in [9.17, 15) is 9.59 Å². The Morgan fingerprint density at radius 2 is 2.18 bits per heavy atom. The molecule has 0 aromatic heterocycles. The molecular formula is C5H7ClN2O3. The molecule has 2 atom stereocenters. The van der Waals surface area contributed by atoms with Crippen molar-refractivity contribution in [3.05, 3.63) is 0 Å². The fourth-order valence-corrected chi connectivity index (χ4v) is 0.956. The fourth-order valence-electron chi connectivity index (χ4n) is 0.735. The molecule has 0 spiro atoms. The number of hydrogen-bond donors (Lipinski definition) is 2. The minimum atomic E-state index is -0.863. The summed E-state index contributed by atoms with van der Waals surface area (Å²) in [6.07, 6.45) is -0.738. The molecule has 0 aliphatic carbocycles. The summed E-state index contributed by atoms with van der Waals surface area (Å²) in [4.78, 5) is 21.4. The topological polar surface area (TPSA) is 67.4 Å². The number of imide groups is 1. The van der Waals surface area contributed by atoms with Gasteiger partial charge in [-0.2, -0.15) is 0 Å². The molecule has 0 aromatic carbocycles. The Morgan fingerprint density at radius 3 is 2.73 bits per heavy atom. The van der Waals surface area contributed by atoms with Gasteiger partial charge < -0.3 is 10.1 Å². The van der Waals surface area contributed by atoms with Gasteiger partial charge in [0.1, 0.15) is 0 Å². The number of alkyl halides is 1. The second-order valence-electron chi connectivity index (χ2n) is 2.02. The third-order valence-corrected chi connectivity index (χ3v) is 1.71. The van der Waals surface area contributed by atoms with E-state index in [1.54, 1.807) is 0 Å². The molecule has 3 amide bonds. The van der Waals surface area contributed by atoms with Gasteiger partial charge in [-0.1, -0.05) is 0 Å². The Bertz CT molecular complexity index is 196. The second-order valence-corrected chi connectivity index (χ2v) is 2.49. The van der Waals surface area contributed by atoms with Crippen LogP contribution in [0, 0.1) is 0 Å². The summed E-state index contributed by atoms with van der Waals surface area (Å²) in [6, 6.07) is -0.584. The highest BCUT2D eigenvalue weighted by Gasteiger charge is 2.33. The quantitative estimate of drug-likeness (QED) is 0.528. The van der Waals surface area contributed by atoms with Gasteiger partial charge in [0.15, 0.2) is 11.6 Å². The van der Waals surface area contributed by atoms with E-state index >= 15 is 0 Å². The zero-order chi connectivity index (χ0) is 8.43. The first-order chi connectivity index (χ1) is 5.15. The van der Waals surface area contributed by atoms with E-state index < -0.39 is 23.5 Å². The Kier molecular flexibility index (Phi) is 2.31. The van der Waals surface area contributed by atoms with Crippen LogP contribution in [0.1, 0.15) is 0 Å². The number of methoxy groups -OCH3 is 1. The van der Waals surface area contributed by atoms with E-state index in [0.717, 1.165) is 0 Å². The summed E-state index contributed by atoms with van der Waals surface area (Å²) >= 11 is 5.55. The van der Waals surface area contributed by atoms with Crippen LogP contribution in [0.15, 0.2) is 0 Å². The number of rotatable bonds is 1. The number of nitrogens with one attached hydrogen (secondary N) is 2. The maximum atomic E-state index is 10.8. The summed E-state index contributed by atoms with van der Waals surface area (Å²) in [7, 11) is 1.36. The standard InChI is InChI=1S/C5H7ClN2O3/c1-11-4-2(6)3(9)7-5(10)8-4/h2,4H,1H3,(H2,7,8,9,10). The maximum absolute atomic E-state index is 10.8. The van der Waals surface area contributed by atoms with Crippen molar-refractivity contribution in [2.24, 2.45) is 0 Å². The lowest BCUT2D eigenvalue weighted by molar-refractivity contribution is -0.123. The van der Waals surface area contributed by atoms with Crippen LogP contribution in [0.2, 0.25) is 0 Å². The third-order valence-electron chi connectivity index (χ3n) is 1.28. The number of carbonyl (C=O) groups excluding carboxylic acids is 2. The molecule has 0 aromatic rings. The van der Waals surface area contributed by atoms with Gasteiger partial charge in [-0.25, -0.2) is 4.79 Å². The average Bonchev–Trinajstić information content (AvgIpc) is 1.96. The summed E-state index contributed by atoms with van der Waals surface area (Å²) in [5.74, 6) is -0.540. The Balaban J connectivity index is 2.66. The lowest BCUT2D eigenvalue weighted by Crippen LogP contribution is -2.59. The van der Waals surface area contributed by atoms with Crippen molar-refractivity contribution in [3.63, 3.8) is 0 Å². The number of ether oxygens (including phenoxy) is 1. The van der Waals surface area contributed by atoms with Gasteiger partial charge in [-0.3, -0.25) is 10.1 Å². The molecular weight excluding hydrogens is 172 g/mol. The highest BCUT2D eigenvalue weighted by molar-refractivity contribution is 6.33. The molecule has 2 N–H and O–H groups in total. The van der Waals surface area contributed by atoms with Gasteiger partial charge in [-0.05, 0) is 0 Å². The van der Waals surface area contributed by atoms with Crippen molar-refractivity contribution >= 4 is 23.5 Å². The number of amides is 3. The third kappa shape index (κ3) is 1.61. The van der Waals surface area contributed by atoms with E-state index in [4.69, 9.17) is 16.3 Å². The predicted molar refractivity (Wildman–Crippen MR) is 37.1 cm³/mol. The predicted octanol–water partition coefficient (Wildman–Crippen LogP) is -0.594. The molecule has 5 nitrogen and oxygen atoms in total. The van der Waals surface area contributed by atoms with Gasteiger partial charge in [0.25, 0.3) is 5.91 Å². The van der Waals surface area contributed by atoms with Crippen LogP contribution >= 0.6 is 11.6 Å². The van der Waals surface area contributed by atoms with Crippen molar-refractivity contribution in [3.8, 4) is 0 Å². The molecule has 0 saturated carbocycles. The molecule has 1 aliphatic heterocycles. The van der Waals surface area contributed by atoms with Gasteiger partial charge in [0, 0.05) is 7.11 Å². The summed E-state index contributed by atoms with van der Waals surface area (Å²) in [5, 5.41) is 3.45. The lowest BCUT2D eigenvalue weighted by Gasteiger charge is -2.25.